The Kier molecular flexibility index (Phi) is 16.7. The fraction of sp³-hybridized carbons (Fsp3) is 0.659. The molecule has 0 aromatic heterocycles. The van der Waals surface area contributed by atoms with E-state index in [2.05, 4.69) is 16.0 Å². The van der Waals surface area contributed by atoms with Gasteiger partial charge in [-0.1, -0.05) is 57.5 Å². The number of allylic oxidation sites excluding steroid dienone is 2. The first-order chi connectivity index (χ1) is 24.4. The maximum atomic E-state index is 13.4. The van der Waals surface area contributed by atoms with Crippen molar-refractivity contribution in [3.8, 4) is 0 Å². The van der Waals surface area contributed by atoms with E-state index in [1.807, 2.05) is 58.9 Å². The van der Waals surface area contributed by atoms with Crippen molar-refractivity contribution in [2.24, 2.45) is 11.3 Å². The number of hydrogen-bond acceptors (Lipinski definition) is 10. The van der Waals surface area contributed by atoms with Crippen LogP contribution < -0.4 is 16.0 Å². The van der Waals surface area contributed by atoms with E-state index in [1.165, 1.54) is 0 Å². The number of esters is 3. The lowest BCUT2D eigenvalue weighted by Crippen LogP contribution is -2.52. The first-order valence-electron chi connectivity index (χ1n) is 18.7. The molecule has 2 rings (SSSR count). The second kappa shape index (κ2) is 19.7. The summed E-state index contributed by atoms with van der Waals surface area (Å²) >= 11 is 0. The van der Waals surface area contributed by atoms with Crippen LogP contribution in [0.3, 0.4) is 0 Å². The Morgan fingerprint density at radius 3 is 1.87 bits per heavy atom. The number of unbranched alkanes of at least 4 members (excludes halogenated alkanes) is 1. The number of nitrogens with one attached hydrogen (secondary N) is 3. The van der Waals surface area contributed by atoms with E-state index in [1.54, 1.807) is 41.5 Å². The van der Waals surface area contributed by atoms with Crippen molar-refractivity contribution in [1.82, 2.24) is 16.0 Å². The van der Waals surface area contributed by atoms with Gasteiger partial charge in [-0.2, -0.15) is 0 Å². The van der Waals surface area contributed by atoms with Crippen LogP contribution in [0.25, 0.3) is 0 Å². The number of ether oxygens (including phenoxy) is 3. The fourth-order valence-corrected chi connectivity index (χ4v) is 5.81. The molecule has 2 amide bonds. The van der Waals surface area contributed by atoms with Gasteiger partial charge in [-0.05, 0) is 97.5 Å². The van der Waals surface area contributed by atoms with Crippen molar-refractivity contribution >= 4 is 35.5 Å². The number of carbonyl (C=O) groups excluding carboxylic acids is 6. The van der Waals surface area contributed by atoms with Crippen LogP contribution in [-0.2, 0) is 44.8 Å². The highest BCUT2D eigenvalue weighted by atomic mass is 16.6. The van der Waals surface area contributed by atoms with Crippen LogP contribution in [0, 0.1) is 18.3 Å². The van der Waals surface area contributed by atoms with Crippen LogP contribution in [0.1, 0.15) is 132 Å². The molecular weight excluding hydrogens is 678 g/mol. The van der Waals surface area contributed by atoms with E-state index in [0.717, 1.165) is 11.1 Å². The van der Waals surface area contributed by atoms with E-state index in [0.29, 0.717) is 44.3 Å². The van der Waals surface area contributed by atoms with E-state index in [4.69, 9.17) is 14.2 Å². The molecule has 3 N–H and O–H groups in total. The highest BCUT2D eigenvalue weighted by molar-refractivity contribution is 6.22. The summed E-state index contributed by atoms with van der Waals surface area (Å²) in [4.78, 5) is 78.3. The molecule has 12 heteroatoms. The molecular formula is C41H63N3O9. The van der Waals surface area contributed by atoms with Gasteiger partial charge >= 0.3 is 23.9 Å². The summed E-state index contributed by atoms with van der Waals surface area (Å²) < 4.78 is 16.5. The Hall–Kier alpha value is -4.22. The minimum Gasteiger partial charge on any atom is -0.460 e. The third-order valence-corrected chi connectivity index (χ3v) is 8.15. The molecule has 0 saturated heterocycles. The molecule has 0 spiro atoms. The van der Waals surface area contributed by atoms with Gasteiger partial charge in [-0.25, -0.2) is 14.4 Å². The topological polar surface area (TPSA) is 166 Å². The number of Topliss-reactive ketones (excluding diaryl/α,β-unsaturated/α-hetero) is 2. The highest BCUT2D eigenvalue weighted by Gasteiger charge is 2.37. The van der Waals surface area contributed by atoms with Crippen LogP contribution in [0.5, 0.6) is 0 Å². The van der Waals surface area contributed by atoms with Gasteiger partial charge in [-0.15, -0.1) is 0 Å². The molecule has 2 unspecified atom stereocenters. The monoisotopic (exact) mass is 741 g/mol. The molecule has 296 valence electrons. The SMILES string of the molecule is Cc1ccc(COC(=O)C(CCCCNC(CC(C)C)=C2C(=O)CC(C)(C)CC2=O)NC(=O)NC(CCC(=O)OC(C)(C)C)C(=O)OC(C)(C)C)cc1. The third-order valence-electron chi connectivity index (χ3n) is 8.15. The van der Waals surface area contributed by atoms with Crippen molar-refractivity contribution in [1.29, 1.82) is 0 Å². The lowest BCUT2D eigenvalue weighted by atomic mass is 9.73. The number of urea groups is 1. The molecule has 1 aliphatic rings. The number of ketones is 2. The number of hydrogen-bond donors (Lipinski definition) is 3. The molecule has 1 fully saturated rings. The molecule has 0 radical (unpaired) electrons. The van der Waals surface area contributed by atoms with Gasteiger partial charge in [0, 0.05) is 31.5 Å². The smallest absolute Gasteiger partial charge is 0.329 e. The number of amides is 2. The quantitative estimate of drug-likeness (QED) is 0.0524. The second-order valence-electron chi connectivity index (χ2n) is 17.2. The summed E-state index contributed by atoms with van der Waals surface area (Å²) in [6, 6.07) is 4.46. The second-order valence-corrected chi connectivity index (χ2v) is 17.2. The van der Waals surface area contributed by atoms with Gasteiger partial charge in [0.05, 0.1) is 5.57 Å². The molecule has 53 heavy (non-hydrogen) atoms. The van der Waals surface area contributed by atoms with Crippen LogP contribution in [0.15, 0.2) is 35.5 Å². The molecule has 0 bridgehead atoms. The molecule has 1 aromatic carbocycles. The van der Waals surface area contributed by atoms with Crippen molar-refractivity contribution in [3.05, 3.63) is 46.7 Å². The van der Waals surface area contributed by atoms with Crippen LogP contribution in [0.4, 0.5) is 4.79 Å². The van der Waals surface area contributed by atoms with Gasteiger partial charge in [0.25, 0.3) is 0 Å². The molecule has 2 atom stereocenters. The Morgan fingerprint density at radius 2 is 1.34 bits per heavy atom. The predicted octanol–water partition coefficient (Wildman–Crippen LogP) is 6.56. The van der Waals surface area contributed by atoms with E-state index < -0.39 is 47.2 Å². The van der Waals surface area contributed by atoms with E-state index in [-0.39, 0.29) is 54.3 Å². The van der Waals surface area contributed by atoms with E-state index in [9.17, 15) is 28.8 Å². The summed E-state index contributed by atoms with van der Waals surface area (Å²) in [5, 5.41) is 8.58. The molecule has 1 aliphatic carbocycles. The molecule has 1 saturated carbocycles. The van der Waals surface area contributed by atoms with Crippen LogP contribution in [-0.4, -0.2) is 65.3 Å². The molecule has 0 aliphatic heterocycles. The lowest BCUT2D eigenvalue weighted by molar-refractivity contribution is -0.158. The zero-order valence-corrected chi connectivity index (χ0v) is 33.8. The number of rotatable bonds is 17. The number of benzene rings is 1. The maximum absolute atomic E-state index is 13.4. The van der Waals surface area contributed by atoms with Gasteiger partial charge in [0.2, 0.25) is 0 Å². The van der Waals surface area contributed by atoms with Crippen molar-refractivity contribution in [2.45, 2.75) is 157 Å². The van der Waals surface area contributed by atoms with Crippen molar-refractivity contribution in [2.75, 3.05) is 6.54 Å². The van der Waals surface area contributed by atoms with Gasteiger partial charge in [0.1, 0.15) is 29.9 Å². The Balaban J connectivity index is 2.17. The maximum Gasteiger partial charge on any atom is 0.329 e. The third kappa shape index (κ3) is 17.4. The van der Waals surface area contributed by atoms with Crippen molar-refractivity contribution < 1.29 is 43.0 Å². The fourth-order valence-electron chi connectivity index (χ4n) is 5.81. The van der Waals surface area contributed by atoms with Gasteiger partial charge < -0.3 is 30.2 Å². The van der Waals surface area contributed by atoms with Crippen molar-refractivity contribution in [3.63, 3.8) is 0 Å². The predicted molar refractivity (Wildman–Crippen MR) is 203 cm³/mol. The first-order valence-corrected chi connectivity index (χ1v) is 18.7. The van der Waals surface area contributed by atoms with Crippen LogP contribution in [0.2, 0.25) is 0 Å². The van der Waals surface area contributed by atoms with E-state index >= 15 is 0 Å². The zero-order valence-electron chi connectivity index (χ0n) is 33.8. The molecule has 0 heterocycles. The zero-order chi connectivity index (χ0) is 40.1. The lowest BCUT2D eigenvalue weighted by Gasteiger charge is -2.30. The normalized spacial score (nSPS) is 15.7. The Labute approximate surface area is 315 Å². The molecule has 12 nitrogen and oxygen atoms in total. The molecule has 1 aromatic rings. The summed E-state index contributed by atoms with van der Waals surface area (Å²) in [5.41, 5.74) is 0.813. The summed E-state index contributed by atoms with van der Waals surface area (Å²) in [6.45, 7) is 20.6. The standard InChI is InChI=1S/C41H63N3O9/c1-26(2)22-31(35-32(45)23-41(10,11)24-33(35)46)42-21-13-12-14-29(36(48)51-25-28-17-15-27(3)16-18-28)43-38(50)44-30(37(49)53-40(7,8)9)19-20-34(47)52-39(4,5)6/h15-18,26,29-30,42H,12-14,19-25H2,1-11H3,(H2,43,44,50). The largest absolute Gasteiger partial charge is 0.460 e. The first kappa shape index (κ1) is 44.9. The average molecular weight is 742 g/mol. The van der Waals surface area contributed by atoms with Gasteiger partial charge in [-0.3, -0.25) is 14.4 Å². The Morgan fingerprint density at radius 1 is 0.792 bits per heavy atom. The Bertz CT molecular complexity index is 1460. The van der Waals surface area contributed by atoms with Gasteiger partial charge in [0.15, 0.2) is 11.6 Å². The summed E-state index contributed by atoms with van der Waals surface area (Å²) in [6.07, 6.45) is 2.19. The minimum absolute atomic E-state index is 0.00187. The minimum atomic E-state index is -1.20. The highest BCUT2D eigenvalue weighted by Crippen LogP contribution is 2.35. The number of aryl methyl sites for hydroxylation is 1. The summed E-state index contributed by atoms with van der Waals surface area (Å²) in [5.74, 6) is -1.99. The van der Waals surface area contributed by atoms with Crippen LogP contribution >= 0.6 is 0 Å². The number of carbonyl (C=O) groups is 6. The average Bonchev–Trinajstić information content (AvgIpc) is 2.98. The summed E-state index contributed by atoms with van der Waals surface area (Å²) in [7, 11) is 0.